The average molecular weight is 447 g/mol. The number of carboxylic acids is 1. The highest BCUT2D eigenvalue weighted by Crippen LogP contribution is 2.28. The van der Waals surface area contributed by atoms with Crippen molar-refractivity contribution in [3.63, 3.8) is 0 Å². The highest BCUT2D eigenvalue weighted by molar-refractivity contribution is 6.09. The van der Waals surface area contributed by atoms with E-state index in [0.29, 0.717) is 11.3 Å². The van der Waals surface area contributed by atoms with Gasteiger partial charge in [-0.3, -0.25) is 4.79 Å². The number of piperidine rings is 1. The number of nitrogens with zero attached hydrogens (tertiary/aromatic N) is 1. The molecule has 0 bridgehead atoms. The van der Waals surface area contributed by atoms with Gasteiger partial charge in [0, 0.05) is 31.6 Å². The summed E-state index contributed by atoms with van der Waals surface area (Å²) in [6.07, 6.45) is 1.80. The number of para-hydroxylation sites is 2. The van der Waals surface area contributed by atoms with Crippen LogP contribution in [0.15, 0.2) is 72.8 Å². The highest BCUT2D eigenvalue weighted by atomic mass is 16.5. The number of methoxy groups -OCH3 is 1. The second-order valence-electron chi connectivity index (χ2n) is 7.81. The lowest BCUT2D eigenvalue weighted by atomic mass is 10.0. The number of anilines is 2. The molecule has 33 heavy (non-hydrogen) atoms. The first kappa shape index (κ1) is 22.2. The third-order valence-corrected chi connectivity index (χ3v) is 5.69. The quantitative estimate of drug-likeness (QED) is 0.547. The molecule has 4 rings (SSSR count). The minimum absolute atomic E-state index is 0.0402. The molecule has 1 heterocycles. The minimum Gasteiger partial charge on any atom is -0.496 e. The van der Waals surface area contributed by atoms with Crippen molar-refractivity contribution in [2.45, 2.75) is 18.9 Å². The topological polar surface area (TPSA) is 88.1 Å². The van der Waals surface area contributed by atoms with Crippen LogP contribution in [0.4, 0.5) is 11.4 Å². The third kappa shape index (κ3) is 5.26. The second-order valence-corrected chi connectivity index (χ2v) is 7.81. The van der Waals surface area contributed by atoms with Crippen molar-refractivity contribution in [1.82, 2.24) is 0 Å². The van der Waals surface area contributed by atoms with Crippen LogP contribution >= 0.6 is 0 Å². The van der Waals surface area contributed by atoms with E-state index < -0.39 is 11.9 Å². The van der Waals surface area contributed by atoms with E-state index in [4.69, 9.17) is 9.47 Å². The third-order valence-electron chi connectivity index (χ3n) is 5.69. The first-order chi connectivity index (χ1) is 16.0. The van der Waals surface area contributed by atoms with Crippen LogP contribution in [0.5, 0.6) is 11.5 Å². The van der Waals surface area contributed by atoms with Crippen LogP contribution in [0.1, 0.15) is 33.6 Å². The monoisotopic (exact) mass is 446 g/mol. The molecule has 0 radical (unpaired) electrons. The molecule has 1 amide bonds. The molecule has 2 N–H and O–H groups in total. The second kappa shape index (κ2) is 10.1. The van der Waals surface area contributed by atoms with E-state index >= 15 is 0 Å². The fourth-order valence-electron chi connectivity index (χ4n) is 3.96. The Morgan fingerprint density at radius 2 is 1.64 bits per heavy atom. The van der Waals surface area contributed by atoms with Gasteiger partial charge in [0.15, 0.2) is 0 Å². The summed E-state index contributed by atoms with van der Waals surface area (Å²) in [6.45, 7) is 1.51. The molecule has 0 aliphatic carbocycles. The van der Waals surface area contributed by atoms with Gasteiger partial charge in [-0.05, 0) is 42.5 Å². The zero-order valence-corrected chi connectivity index (χ0v) is 18.4. The zero-order chi connectivity index (χ0) is 23.2. The molecule has 7 nitrogen and oxygen atoms in total. The molecule has 1 fully saturated rings. The van der Waals surface area contributed by atoms with Crippen molar-refractivity contribution in [2.75, 3.05) is 30.4 Å². The van der Waals surface area contributed by atoms with Crippen LogP contribution in [0.25, 0.3) is 0 Å². The largest absolute Gasteiger partial charge is 0.496 e. The number of aromatic carboxylic acids is 1. The van der Waals surface area contributed by atoms with Crippen molar-refractivity contribution in [2.24, 2.45) is 0 Å². The van der Waals surface area contributed by atoms with E-state index in [1.807, 2.05) is 36.4 Å². The number of hydrogen-bond acceptors (Lipinski definition) is 5. The SMILES string of the molecule is COc1ccccc1C(=O)Nc1ccc(N2CCC(Oc3ccccc3)CC2)cc1C(=O)O. The molecule has 3 aromatic rings. The molecule has 1 aliphatic heterocycles. The molecule has 0 spiro atoms. The van der Waals surface area contributed by atoms with E-state index in [0.717, 1.165) is 37.4 Å². The molecule has 0 atom stereocenters. The Hall–Kier alpha value is -4.00. The van der Waals surface area contributed by atoms with Gasteiger partial charge in [0.25, 0.3) is 5.91 Å². The van der Waals surface area contributed by atoms with Crippen molar-refractivity contribution < 1.29 is 24.2 Å². The summed E-state index contributed by atoms with van der Waals surface area (Å²) < 4.78 is 11.3. The van der Waals surface area contributed by atoms with Crippen LogP contribution in [-0.4, -0.2) is 43.3 Å². The summed E-state index contributed by atoms with van der Waals surface area (Å²) in [5.74, 6) is -0.251. The summed E-state index contributed by atoms with van der Waals surface area (Å²) in [4.78, 5) is 26.8. The Labute approximate surface area is 192 Å². The number of amides is 1. The van der Waals surface area contributed by atoms with Crippen molar-refractivity contribution in [3.8, 4) is 11.5 Å². The van der Waals surface area contributed by atoms with Gasteiger partial charge in [-0.15, -0.1) is 0 Å². The van der Waals surface area contributed by atoms with Gasteiger partial charge in [0.05, 0.1) is 23.9 Å². The smallest absolute Gasteiger partial charge is 0.337 e. The summed E-state index contributed by atoms with van der Waals surface area (Å²) in [5, 5.41) is 12.5. The highest BCUT2D eigenvalue weighted by Gasteiger charge is 2.23. The van der Waals surface area contributed by atoms with Crippen LogP contribution < -0.4 is 19.7 Å². The molecular weight excluding hydrogens is 420 g/mol. The standard InChI is InChI=1S/C26H26N2O5/c1-32-24-10-6-5-9-21(24)25(29)27-23-12-11-18(17-22(23)26(30)31)28-15-13-20(14-16-28)33-19-7-3-2-4-8-19/h2-12,17,20H,13-16H2,1H3,(H,27,29)(H,30,31). The molecular formula is C26H26N2O5. The Bertz CT molecular complexity index is 1120. The van der Waals surface area contributed by atoms with Gasteiger partial charge >= 0.3 is 5.97 Å². The number of ether oxygens (including phenoxy) is 2. The van der Waals surface area contributed by atoms with Crippen molar-refractivity contribution in [1.29, 1.82) is 0 Å². The normalized spacial score (nSPS) is 13.9. The predicted octanol–water partition coefficient (Wildman–Crippen LogP) is 4.69. The number of benzene rings is 3. The molecule has 1 saturated heterocycles. The molecule has 3 aromatic carbocycles. The van der Waals surface area contributed by atoms with E-state index in [9.17, 15) is 14.7 Å². The van der Waals surface area contributed by atoms with Gasteiger partial charge in [0.2, 0.25) is 0 Å². The Balaban J connectivity index is 1.45. The maximum absolute atomic E-state index is 12.7. The number of rotatable bonds is 7. The minimum atomic E-state index is -1.10. The van der Waals surface area contributed by atoms with Gasteiger partial charge < -0.3 is 24.8 Å². The fraction of sp³-hybridized carbons (Fsp3) is 0.231. The van der Waals surface area contributed by atoms with E-state index in [-0.39, 0.29) is 17.4 Å². The Morgan fingerprint density at radius 1 is 0.939 bits per heavy atom. The number of hydrogen-bond donors (Lipinski definition) is 2. The van der Waals surface area contributed by atoms with Gasteiger partial charge in [-0.1, -0.05) is 30.3 Å². The van der Waals surface area contributed by atoms with Gasteiger partial charge in [0.1, 0.15) is 17.6 Å². The molecule has 0 unspecified atom stereocenters. The number of carbonyl (C=O) groups is 2. The van der Waals surface area contributed by atoms with Crippen LogP contribution in [-0.2, 0) is 0 Å². The summed E-state index contributed by atoms with van der Waals surface area (Å²) >= 11 is 0. The molecule has 0 aromatic heterocycles. The van der Waals surface area contributed by atoms with E-state index in [2.05, 4.69) is 10.2 Å². The predicted molar refractivity (Wildman–Crippen MR) is 127 cm³/mol. The maximum atomic E-state index is 12.7. The van der Waals surface area contributed by atoms with Gasteiger partial charge in [-0.25, -0.2) is 4.79 Å². The number of carboxylic acid groups (broad SMARTS) is 1. The van der Waals surface area contributed by atoms with Crippen molar-refractivity contribution >= 4 is 23.3 Å². The Morgan fingerprint density at radius 3 is 2.33 bits per heavy atom. The molecule has 0 saturated carbocycles. The lowest BCUT2D eigenvalue weighted by Crippen LogP contribution is -2.38. The lowest BCUT2D eigenvalue weighted by molar-refractivity contribution is 0.0698. The molecule has 7 heteroatoms. The van der Waals surface area contributed by atoms with Gasteiger partial charge in [-0.2, -0.15) is 0 Å². The summed E-state index contributed by atoms with van der Waals surface area (Å²) in [6, 6.07) is 21.6. The number of carbonyl (C=O) groups excluding carboxylic acids is 1. The molecule has 1 aliphatic rings. The summed E-state index contributed by atoms with van der Waals surface area (Å²) in [7, 11) is 1.48. The van der Waals surface area contributed by atoms with Crippen molar-refractivity contribution in [3.05, 3.63) is 83.9 Å². The zero-order valence-electron chi connectivity index (χ0n) is 18.4. The fourth-order valence-corrected chi connectivity index (χ4v) is 3.96. The van der Waals surface area contributed by atoms with E-state index in [1.165, 1.54) is 7.11 Å². The maximum Gasteiger partial charge on any atom is 0.337 e. The van der Waals surface area contributed by atoms with Crippen LogP contribution in [0.3, 0.4) is 0 Å². The van der Waals surface area contributed by atoms with Crippen LogP contribution in [0.2, 0.25) is 0 Å². The lowest BCUT2D eigenvalue weighted by Gasteiger charge is -2.34. The first-order valence-corrected chi connectivity index (χ1v) is 10.8. The number of nitrogens with one attached hydrogen (secondary N) is 1. The van der Waals surface area contributed by atoms with Crippen LogP contribution in [0, 0.1) is 0 Å². The first-order valence-electron chi connectivity index (χ1n) is 10.8. The summed E-state index contributed by atoms with van der Waals surface area (Å²) in [5.41, 5.74) is 1.42. The Kier molecular flexibility index (Phi) is 6.78. The van der Waals surface area contributed by atoms with E-state index in [1.54, 1.807) is 36.4 Å². The average Bonchev–Trinajstić information content (AvgIpc) is 2.85. The molecule has 170 valence electrons.